The van der Waals surface area contributed by atoms with Crippen LogP contribution in [0.4, 0.5) is 0 Å². The Bertz CT molecular complexity index is 307. The molecule has 0 spiro atoms. The molecule has 0 N–H and O–H groups in total. The summed E-state index contributed by atoms with van der Waals surface area (Å²) in [6.07, 6.45) is 1.62. The predicted octanol–water partition coefficient (Wildman–Crippen LogP) is 0.954. The molecule has 5 heteroatoms. The van der Waals surface area contributed by atoms with Gasteiger partial charge in [-0.3, -0.25) is 14.4 Å². The van der Waals surface area contributed by atoms with Gasteiger partial charge in [-0.2, -0.15) is 0 Å². The van der Waals surface area contributed by atoms with E-state index in [9.17, 15) is 14.4 Å². The van der Waals surface area contributed by atoms with Gasteiger partial charge in [-0.05, 0) is 18.8 Å². The second-order valence-electron chi connectivity index (χ2n) is 4.43. The van der Waals surface area contributed by atoms with Gasteiger partial charge in [-0.1, -0.05) is 6.92 Å². The van der Waals surface area contributed by atoms with Gasteiger partial charge in [0.2, 0.25) is 0 Å². The van der Waals surface area contributed by atoms with Gasteiger partial charge < -0.3 is 9.47 Å². The van der Waals surface area contributed by atoms with Gasteiger partial charge in [0.25, 0.3) is 0 Å². The summed E-state index contributed by atoms with van der Waals surface area (Å²) in [7, 11) is 2.46. The van der Waals surface area contributed by atoms with Crippen LogP contribution in [-0.4, -0.2) is 31.9 Å². The molecule has 2 atom stereocenters. The molecule has 1 aliphatic rings. The topological polar surface area (TPSA) is 69.7 Å². The summed E-state index contributed by atoms with van der Waals surface area (Å²) >= 11 is 0. The van der Waals surface area contributed by atoms with Gasteiger partial charge >= 0.3 is 11.9 Å². The number of ketones is 1. The number of esters is 2. The minimum Gasteiger partial charge on any atom is -0.468 e. The Labute approximate surface area is 100 Å². The maximum atomic E-state index is 11.6. The number of Topliss-reactive ketones (excluding diaryl/α,β-unsaturated/α-hetero) is 1. The molecule has 0 amide bonds. The lowest BCUT2D eigenvalue weighted by Gasteiger charge is -2.28. The van der Waals surface area contributed by atoms with Gasteiger partial charge in [0.15, 0.2) is 5.92 Å². The minimum absolute atomic E-state index is 0.0159. The second kappa shape index (κ2) is 5.80. The van der Waals surface area contributed by atoms with Crippen LogP contribution in [0.3, 0.4) is 0 Å². The number of hydrogen-bond acceptors (Lipinski definition) is 5. The highest BCUT2D eigenvalue weighted by atomic mass is 16.5. The summed E-state index contributed by atoms with van der Waals surface area (Å²) in [6.45, 7) is 1.86. The summed E-state index contributed by atoms with van der Waals surface area (Å²) in [5.74, 6) is -2.39. The summed E-state index contributed by atoms with van der Waals surface area (Å²) in [5.41, 5.74) is 0. The lowest BCUT2D eigenvalue weighted by molar-refractivity contribution is -0.162. The van der Waals surface area contributed by atoms with Crippen LogP contribution >= 0.6 is 0 Å². The first kappa shape index (κ1) is 13.7. The molecule has 96 valence electrons. The molecular formula is C12H18O5. The van der Waals surface area contributed by atoms with Crippen molar-refractivity contribution in [2.45, 2.75) is 26.2 Å². The fourth-order valence-corrected chi connectivity index (χ4v) is 2.21. The summed E-state index contributed by atoms with van der Waals surface area (Å²) in [5, 5.41) is 0. The molecule has 1 aliphatic carbocycles. The zero-order valence-electron chi connectivity index (χ0n) is 10.4. The predicted molar refractivity (Wildman–Crippen MR) is 59.0 cm³/mol. The van der Waals surface area contributed by atoms with Gasteiger partial charge in [0.05, 0.1) is 14.2 Å². The largest absolute Gasteiger partial charge is 0.468 e. The molecule has 17 heavy (non-hydrogen) atoms. The summed E-state index contributed by atoms with van der Waals surface area (Å²) in [6, 6.07) is 0. The van der Waals surface area contributed by atoms with E-state index in [0.717, 1.165) is 0 Å². The smallest absolute Gasteiger partial charge is 0.320 e. The van der Waals surface area contributed by atoms with Crippen LogP contribution in [0.5, 0.6) is 0 Å². The summed E-state index contributed by atoms with van der Waals surface area (Å²) < 4.78 is 9.20. The van der Waals surface area contributed by atoms with Crippen molar-refractivity contribution in [3.8, 4) is 0 Å². The number of carbonyl (C=O) groups excluding carboxylic acids is 3. The maximum absolute atomic E-state index is 11.6. The molecule has 0 radical (unpaired) electrons. The Kier molecular flexibility index (Phi) is 4.66. The van der Waals surface area contributed by atoms with E-state index in [0.29, 0.717) is 12.8 Å². The van der Waals surface area contributed by atoms with E-state index in [1.165, 1.54) is 14.2 Å². The van der Waals surface area contributed by atoms with Crippen LogP contribution in [0, 0.1) is 17.8 Å². The summed E-state index contributed by atoms with van der Waals surface area (Å²) in [4.78, 5) is 34.8. The van der Waals surface area contributed by atoms with Gasteiger partial charge in [-0.15, -0.1) is 0 Å². The van der Waals surface area contributed by atoms with Crippen LogP contribution in [0.1, 0.15) is 26.2 Å². The number of rotatable bonds is 3. The van der Waals surface area contributed by atoms with Crippen LogP contribution < -0.4 is 0 Å². The monoisotopic (exact) mass is 242 g/mol. The second-order valence-corrected chi connectivity index (χ2v) is 4.43. The molecule has 0 aromatic heterocycles. The molecular weight excluding hydrogens is 224 g/mol. The molecule has 5 nitrogen and oxygen atoms in total. The zero-order valence-corrected chi connectivity index (χ0v) is 10.4. The third kappa shape index (κ3) is 3.05. The van der Waals surface area contributed by atoms with Crippen molar-refractivity contribution < 1.29 is 23.9 Å². The third-order valence-corrected chi connectivity index (χ3v) is 3.37. The quantitative estimate of drug-likeness (QED) is 0.544. The van der Waals surface area contributed by atoms with Gasteiger partial charge in [0, 0.05) is 12.3 Å². The van der Waals surface area contributed by atoms with Gasteiger partial charge in [0.1, 0.15) is 5.78 Å². The van der Waals surface area contributed by atoms with Crippen molar-refractivity contribution in [1.29, 1.82) is 0 Å². The average Bonchev–Trinajstić information content (AvgIpc) is 2.33. The zero-order chi connectivity index (χ0) is 13.0. The fourth-order valence-electron chi connectivity index (χ4n) is 2.21. The van der Waals surface area contributed by atoms with E-state index in [1.807, 2.05) is 6.92 Å². The molecule has 0 saturated heterocycles. The minimum atomic E-state index is -0.971. The molecule has 1 rings (SSSR count). The number of carbonyl (C=O) groups is 3. The van der Waals surface area contributed by atoms with Crippen molar-refractivity contribution in [1.82, 2.24) is 0 Å². The maximum Gasteiger partial charge on any atom is 0.320 e. The number of hydrogen-bond donors (Lipinski definition) is 0. The van der Waals surface area contributed by atoms with Crippen LogP contribution in [0.15, 0.2) is 0 Å². The number of ether oxygens (including phenoxy) is 2. The van der Waals surface area contributed by atoms with E-state index in [4.69, 9.17) is 0 Å². The highest BCUT2D eigenvalue weighted by molar-refractivity contribution is 5.96. The van der Waals surface area contributed by atoms with E-state index >= 15 is 0 Å². The van der Waals surface area contributed by atoms with Crippen molar-refractivity contribution in [3.05, 3.63) is 0 Å². The molecule has 0 aromatic rings. The molecule has 0 bridgehead atoms. The molecule has 0 heterocycles. The van der Waals surface area contributed by atoms with Crippen molar-refractivity contribution in [2.24, 2.45) is 17.8 Å². The standard InChI is InChI=1S/C12H18O5/c1-7-4-5-8(6-9(7)13)10(11(14)16-2)12(15)17-3/h7-8,10H,4-6H2,1-3H3. The Hall–Kier alpha value is -1.39. The van der Waals surface area contributed by atoms with Crippen molar-refractivity contribution >= 4 is 17.7 Å². The molecule has 0 aromatic carbocycles. The third-order valence-electron chi connectivity index (χ3n) is 3.37. The van der Waals surface area contributed by atoms with E-state index < -0.39 is 17.9 Å². The Balaban J connectivity index is 2.81. The molecule has 1 saturated carbocycles. The SMILES string of the molecule is COC(=O)C(C(=O)OC)C1CCC(C)C(=O)C1. The average molecular weight is 242 g/mol. The lowest BCUT2D eigenvalue weighted by atomic mass is 9.75. The van der Waals surface area contributed by atoms with E-state index in [2.05, 4.69) is 9.47 Å². The highest BCUT2D eigenvalue weighted by Crippen LogP contribution is 2.32. The first-order valence-corrected chi connectivity index (χ1v) is 5.69. The van der Waals surface area contributed by atoms with Crippen molar-refractivity contribution in [3.63, 3.8) is 0 Å². The number of methoxy groups -OCH3 is 2. The van der Waals surface area contributed by atoms with Crippen LogP contribution in [0.2, 0.25) is 0 Å². The van der Waals surface area contributed by atoms with Crippen LogP contribution in [0.25, 0.3) is 0 Å². The Morgan fingerprint density at radius 3 is 2.12 bits per heavy atom. The normalized spacial score (nSPS) is 24.6. The van der Waals surface area contributed by atoms with E-state index in [1.54, 1.807) is 0 Å². The first-order chi connectivity index (χ1) is 8.01. The fraction of sp³-hybridized carbons (Fsp3) is 0.750. The first-order valence-electron chi connectivity index (χ1n) is 5.69. The highest BCUT2D eigenvalue weighted by Gasteiger charge is 2.40. The van der Waals surface area contributed by atoms with Crippen LogP contribution in [-0.2, 0) is 23.9 Å². The van der Waals surface area contributed by atoms with Gasteiger partial charge in [-0.25, -0.2) is 0 Å². The Morgan fingerprint density at radius 2 is 1.71 bits per heavy atom. The van der Waals surface area contributed by atoms with E-state index in [-0.39, 0.29) is 24.0 Å². The molecule has 1 fully saturated rings. The van der Waals surface area contributed by atoms with Crippen molar-refractivity contribution in [2.75, 3.05) is 14.2 Å². The molecule has 2 unspecified atom stereocenters. The molecule has 0 aliphatic heterocycles. The lowest BCUT2D eigenvalue weighted by Crippen LogP contribution is -2.37. The Morgan fingerprint density at radius 1 is 1.18 bits per heavy atom.